The van der Waals surface area contributed by atoms with E-state index >= 15 is 0 Å². The molecule has 0 aliphatic heterocycles. The van der Waals surface area contributed by atoms with Gasteiger partial charge >= 0.3 is 0 Å². The number of hydrogen-bond donors (Lipinski definition) is 2. The Morgan fingerprint density at radius 2 is 2.20 bits per heavy atom. The summed E-state index contributed by atoms with van der Waals surface area (Å²) in [5, 5.41) is 14.6. The van der Waals surface area contributed by atoms with Crippen molar-refractivity contribution in [2.75, 3.05) is 20.6 Å². The highest BCUT2D eigenvalue weighted by molar-refractivity contribution is 7.16. The lowest BCUT2D eigenvalue weighted by atomic mass is 10.0. The summed E-state index contributed by atoms with van der Waals surface area (Å²) in [6, 6.07) is 3.65. The van der Waals surface area contributed by atoms with Crippen LogP contribution in [0.2, 0.25) is 4.34 Å². The van der Waals surface area contributed by atoms with Gasteiger partial charge in [-0.05, 0) is 37.8 Å². The smallest absolute Gasteiger partial charge is 0.193 e. The number of fused-ring (bicyclic) bond motifs is 1. The maximum Gasteiger partial charge on any atom is 0.193 e. The van der Waals surface area contributed by atoms with Gasteiger partial charge in [-0.3, -0.25) is 4.99 Å². The van der Waals surface area contributed by atoms with Crippen molar-refractivity contribution in [3.8, 4) is 0 Å². The number of thiophene rings is 1. The fourth-order valence-electron chi connectivity index (χ4n) is 2.93. The predicted octanol–water partition coefficient (Wildman–Crippen LogP) is 3.48. The highest BCUT2D eigenvalue weighted by atomic mass is 35.5. The first-order chi connectivity index (χ1) is 12.1. The molecule has 2 aromatic rings. The summed E-state index contributed by atoms with van der Waals surface area (Å²) in [5.41, 5.74) is 1.28. The number of aromatic nitrogens is 1. The fourth-order valence-corrected chi connectivity index (χ4v) is 5.19. The van der Waals surface area contributed by atoms with Crippen molar-refractivity contribution in [2.45, 2.75) is 38.3 Å². The summed E-state index contributed by atoms with van der Waals surface area (Å²) in [6.07, 6.45) is 4.20. The number of nitrogens with zero attached hydrogens (tertiary/aromatic N) is 3. The van der Waals surface area contributed by atoms with E-state index in [-0.39, 0.29) is 0 Å². The first-order valence-corrected chi connectivity index (χ1v) is 10.4. The molecule has 25 heavy (non-hydrogen) atoms. The van der Waals surface area contributed by atoms with Crippen LogP contribution in [0.3, 0.4) is 0 Å². The van der Waals surface area contributed by atoms with Crippen LogP contribution in [0.1, 0.15) is 39.4 Å². The van der Waals surface area contributed by atoms with Crippen molar-refractivity contribution >= 4 is 40.2 Å². The molecule has 5 nitrogen and oxygen atoms in total. The van der Waals surface area contributed by atoms with Gasteiger partial charge in [0, 0.05) is 30.4 Å². The lowest BCUT2D eigenvalue weighted by Gasteiger charge is -2.22. The van der Waals surface area contributed by atoms with Crippen molar-refractivity contribution in [2.24, 2.45) is 4.99 Å². The number of aliphatic imine (C=N–C) groups is 1. The number of thiazole rings is 1. The molecule has 3 rings (SSSR count). The van der Waals surface area contributed by atoms with E-state index < -0.39 is 6.10 Å². The van der Waals surface area contributed by atoms with E-state index in [4.69, 9.17) is 16.6 Å². The van der Waals surface area contributed by atoms with Crippen LogP contribution >= 0.6 is 34.3 Å². The molecule has 1 unspecified atom stereocenters. The number of nitrogens with one attached hydrogen (secondary N) is 1. The minimum Gasteiger partial charge on any atom is -0.386 e. The van der Waals surface area contributed by atoms with E-state index in [9.17, 15) is 5.11 Å². The second-order valence-corrected chi connectivity index (χ2v) is 9.04. The number of aliphatic hydroxyl groups is 1. The van der Waals surface area contributed by atoms with Crippen LogP contribution in [-0.2, 0) is 19.4 Å². The van der Waals surface area contributed by atoms with E-state index in [0.717, 1.165) is 28.8 Å². The van der Waals surface area contributed by atoms with Gasteiger partial charge in [0.25, 0.3) is 0 Å². The third-order valence-electron chi connectivity index (χ3n) is 4.21. The van der Waals surface area contributed by atoms with Gasteiger partial charge in [0.05, 0.1) is 16.6 Å². The van der Waals surface area contributed by atoms with E-state index in [0.29, 0.717) is 10.9 Å². The molecule has 0 spiro atoms. The van der Waals surface area contributed by atoms with Crippen LogP contribution < -0.4 is 5.32 Å². The summed E-state index contributed by atoms with van der Waals surface area (Å²) < 4.78 is 0.684. The number of guanidine groups is 1. The standard InChI is InChI=1S/C17H23ClN4OS2/c1-19-17(20-9-12(23)14-7-8-15(18)24-14)22(2)10-16-21-11-5-3-4-6-13(11)25-16/h7-8,12,23H,3-6,9-10H2,1-2H3,(H,19,20). The highest BCUT2D eigenvalue weighted by Crippen LogP contribution is 2.28. The lowest BCUT2D eigenvalue weighted by molar-refractivity contribution is 0.183. The number of hydrogen-bond acceptors (Lipinski definition) is 5. The Labute approximate surface area is 161 Å². The molecule has 0 fully saturated rings. The Morgan fingerprint density at radius 3 is 2.88 bits per heavy atom. The summed E-state index contributed by atoms with van der Waals surface area (Å²) in [5.74, 6) is 0.745. The van der Waals surface area contributed by atoms with Gasteiger partial charge in [0.1, 0.15) is 11.1 Å². The number of aliphatic hydroxyl groups excluding tert-OH is 1. The summed E-state index contributed by atoms with van der Waals surface area (Å²) in [4.78, 5) is 13.4. The van der Waals surface area contributed by atoms with Gasteiger partial charge in [-0.1, -0.05) is 11.6 Å². The third-order valence-corrected chi connectivity index (χ3v) is 6.69. The van der Waals surface area contributed by atoms with Crippen LogP contribution in [0.15, 0.2) is 17.1 Å². The molecule has 2 aromatic heterocycles. The maximum atomic E-state index is 10.3. The predicted molar refractivity (Wildman–Crippen MR) is 106 cm³/mol. The molecular formula is C17H23ClN4OS2. The minimum atomic E-state index is -0.602. The molecule has 2 N–H and O–H groups in total. The molecule has 1 aliphatic carbocycles. The molecule has 2 heterocycles. The highest BCUT2D eigenvalue weighted by Gasteiger charge is 2.17. The molecule has 8 heteroatoms. The Hall–Kier alpha value is -1.15. The first kappa shape index (κ1) is 18.6. The SMILES string of the molecule is CN=C(NCC(O)c1ccc(Cl)s1)N(C)Cc1nc2c(s1)CCCC2. The summed E-state index contributed by atoms with van der Waals surface area (Å²) in [7, 11) is 3.74. The van der Waals surface area contributed by atoms with Crippen LogP contribution in [0.4, 0.5) is 0 Å². The molecule has 0 bridgehead atoms. The average molecular weight is 399 g/mol. The minimum absolute atomic E-state index is 0.391. The number of halogens is 1. The largest absolute Gasteiger partial charge is 0.386 e. The molecule has 0 amide bonds. The molecule has 1 atom stereocenters. The molecule has 0 radical (unpaired) electrons. The zero-order valence-electron chi connectivity index (χ0n) is 14.5. The van der Waals surface area contributed by atoms with Crippen molar-refractivity contribution < 1.29 is 5.11 Å². The Kier molecular flexibility index (Phi) is 6.33. The normalized spacial score (nSPS) is 15.8. The quantitative estimate of drug-likeness (QED) is 0.598. The zero-order valence-corrected chi connectivity index (χ0v) is 16.8. The van der Waals surface area contributed by atoms with Crippen LogP contribution in [0, 0.1) is 0 Å². The van der Waals surface area contributed by atoms with Crippen molar-refractivity contribution in [3.63, 3.8) is 0 Å². The van der Waals surface area contributed by atoms with E-state index in [1.165, 1.54) is 41.2 Å². The van der Waals surface area contributed by atoms with Crippen LogP contribution in [-0.4, -0.2) is 41.6 Å². The zero-order chi connectivity index (χ0) is 17.8. The van der Waals surface area contributed by atoms with Gasteiger partial charge in [-0.2, -0.15) is 0 Å². The van der Waals surface area contributed by atoms with Gasteiger partial charge in [0.15, 0.2) is 5.96 Å². The first-order valence-electron chi connectivity index (χ1n) is 8.39. The third kappa shape index (κ3) is 4.73. The van der Waals surface area contributed by atoms with Gasteiger partial charge < -0.3 is 15.3 Å². The summed E-state index contributed by atoms with van der Waals surface area (Å²) >= 11 is 9.14. The number of aryl methyl sites for hydroxylation is 2. The van der Waals surface area contributed by atoms with E-state index in [1.807, 2.05) is 29.4 Å². The van der Waals surface area contributed by atoms with Crippen molar-refractivity contribution in [1.82, 2.24) is 15.2 Å². The molecule has 136 valence electrons. The monoisotopic (exact) mass is 398 g/mol. The molecule has 0 saturated heterocycles. The topological polar surface area (TPSA) is 60.8 Å². The maximum absolute atomic E-state index is 10.3. The van der Waals surface area contributed by atoms with E-state index in [1.54, 1.807) is 13.1 Å². The summed E-state index contributed by atoms with van der Waals surface area (Å²) in [6.45, 7) is 1.11. The Morgan fingerprint density at radius 1 is 1.40 bits per heavy atom. The second kappa shape index (κ2) is 8.49. The molecular weight excluding hydrogens is 376 g/mol. The molecule has 0 saturated carbocycles. The Bertz CT molecular complexity index is 719. The number of rotatable bonds is 5. The van der Waals surface area contributed by atoms with E-state index in [2.05, 4.69) is 10.3 Å². The Balaban J connectivity index is 1.56. The fraction of sp³-hybridized carbons (Fsp3) is 0.529. The molecule has 0 aromatic carbocycles. The van der Waals surface area contributed by atoms with Gasteiger partial charge in [-0.15, -0.1) is 22.7 Å². The van der Waals surface area contributed by atoms with Crippen molar-refractivity contribution in [3.05, 3.63) is 36.9 Å². The van der Waals surface area contributed by atoms with Gasteiger partial charge in [0.2, 0.25) is 0 Å². The molecule has 1 aliphatic rings. The van der Waals surface area contributed by atoms with Crippen molar-refractivity contribution in [1.29, 1.82) is 0 Å². The second-order valence-electron chi connectivity index (χ2n) is 6.13. The average Bonchev–Trinajstić information content (AvgIpc) is 3.20. The van der Waals surface area contributed by atoms with Crippen LogP contribution in [0.5, 0.6) is 0 Å². The van der Waals surface area contributed by atoms with Crippen LogP contribution in [0.25, 0.3) is 0 Å². The lowest BCUT2D eigenvalue weighted by Crippen LogP contribution is -2.40. The van der Waals surface area contributed by atoms with Gasteiger partial charge in [-0.25, -0.2) is 4.98 Å².